The quantitative estimate of drug-likeness (QED) is 0.532. The lowest BCUT2D eigenvalue weighted by molar-refractivity contribution is 0.449. The summed E-state index contributed by atoms with van der Waals surface area (Å²) in [7, 11) is 0. The van der Waals surface area contributed by atoms with Crippen LogP contribution in [0.4, 0.5) is 0 Å². The molecule has 128 valence electrons. The first kappa shape index (κ1) is 16.2. The van der Waals surface area contributed by atoms with E-state index in [-0.39, 0.29) is 5.88 Å². The molecule has 1 aromatic heterocycles. The van der Waals surface area contributed by atoms with E-state index in [4.69, 9.17) is 0 Å². The molecular formula is C23H20N2O. The molecule has 0 amide bonds. The summed E-state index contributed by atoms with van der Waals surface area (Å²) in [6.45, 7) is 4.12. The van der Waals surface area contributed by atoms with Crippen LogP contribution in [0.3, 0.4) is 0 Å². The molecule has 0 aliphatic rings. The second kappa shape index (κ2) is 6.52. The van der Waals surface area contributed by atoms with Crippen molar-refractivity contribution in [2.45, 2.75) is 13.8 Å². The highest BCUT2D eigenvalue weighted by molar-refractivity contribution is 5.85. The van der Waals surface area contributed by atoms with E-state index in [1.807, 2.05) is 53.2 Å². The van der Waals surface area contributed by atoms with Crippen LogP contribution in [0.1, 0.15) is 11.1 Å². The van der Waals surface area contributed by atoms with Crippen molar-refractivity contribution in [3.63, 3.8) is 0 Å². The highest BCUT2D eigenvalue weighted by Crippen LogP contribution is 2.40. The van der Waals surface area contributed by atoms with Crippen molar-refractivity contribution in [2.75, 3.05) is 0 Å². The Bertz CT molecular complexity index is 1050. The second-order valence-corrected chi connectivity index (χ2v) is 6.53. The molecule has 1 N–H and O–H groups in total. The number of aromatic hydroxyl groups is 1. The third-order valence-electron chi connectivity index (χ3n) is 4.50. The van der Waals surface area contributed by atoms with E-state index in [1.165, 1.54) is 5.56 Å². The van der Waals surface area contributed by atoms with Crippen molar-refractivity contribution in [3.8, 4) is 34.0 Å². The topological polar surface area (TPSA) is 38.0 Å². The predicted octanol–water partition coefficient (Wildman–Crippen LogP) is 5.53. The van der Waals surface area contributed by atoms with Gasteiger partial charge in [-0.2, -0.15) is 0 Å². The van der Waals surface area contributed by atoms with E-state index in [1.54, 1.807) is 0 Å². The molecule has 0 unspecified atom stereocenters. The van der Waals surface area contributed by atoms with Crippen LogP contribution in [-0.2, 0) is 0 Å². The summed E-state index contributed by atoms with van der Waals surface area (Å²) in [5.41, 5.74) is 6.88. The zero-order valence-electron chi connectivity index (χ0n) is 14.8. The largest absolute Gasteiger partial charge is 0.492 e. The Labute approximate surface area is 153 Å². The normalized spacial score (nSPS) is 10.8. The van der Waals surface area contributed by atoms with Gasteiger partial charge in [-0.05, 0) is 37.6 Å². The Morgan fingerprint density at radius 2 is 1.42 bits per heavy atom. The molecule has 4 rings (SSSR count). The average Bonchev–Trinajstić information content (AvgIpc) is 3.00. The summed E-state index contributed by atoms with van der Waals surface area (Å²) in [5, 5.41) is 15.1. The summed E-state index contributed by atoms with van der Waals surface area (Å²) >= 11 is 0. The number of benzene rings is 3. The van der Waals surface area contributed by atoms with Crippen LogP contribution in [-0.4, -0.2) is 14.9 Å². The highest BCUT2D eigenvalue weighted by atomic mass is 16.3. The molecular weight excluding hydrogens is 320 g/mol. The Hall–Kier alpha value is -3.33. The number of aromatic nitrogens is 2. The lowest BCUT2D eigenvalue weighted by Crippen LogP contribution is -1.99. The van der Waals surface area contributed by atoms with Crippen molar-refractivity contribution in [3.05, 3.63) is 90.0 Å². The third kappa shape index (κ3) is 2.88. The summed E-state index contributed by atoms with van der Waals surface area (Å²) in [4.78, 5) is 0. The second-order valence-electron chi connectivity index (χ2n) is 6.53. The molecule has 4 aromatic rings. The Morgan fingerprint density at radius 3 is 2.12 bits per heavy atom. The van der Waals surface area contributed by atoms with Crippen LogP contribution in [0.5, 0.6) is 5.88 Å². The summed E-state index contributed by atoms with van der Waals surface area (Å²) in [6, 6.07) is 26.3. The maximum Gasteiger partial charge on any atom is 0.239 e. The van der Waals surface area contributed by atoms with Gasteiger partial charge in [0.15, 0.2) is 0 Å². The number of hydrogen-bond acceptors (Lipinski definition) is 2. The van der Waals surface area contributed by atoms with Crippen molar-refractivity contribution in [1.29, 1.82) is 0 Å². The van der Waals surface area contributed by atoms with Crippen LogP contribution in [0.15, 0.2) is 78.9 Å². The van der Waals surface area contributed by atoms with Crippen LogP contribution >= 0.6 is 0 Å². The molecule has 0 saturated carbocycles. The SMILES string of the molecule is Cc1ccc(-n2nc(O)c(-c3ccccc3)c2-c2cccc(C)c2)cc1. The van der Waals surface area contributed by atoms with Gasteiger partial charge in [-0.25, -0.2) is 4.68 Å². The van der Waals surface area contributed by atoms with Gasteiger partial charge in [-0.1, -0.05) is 71.8 Å². The van der Waals surface area contributed by atoms with Crippen molar-refractivity contribution >= 4 is 0 Å². The van der Waals surface area contributed by atoms with Gasteiger partial charge >= 0.3 is 0 Å². The van der Waals surface area contributed by atoms with Gasteiger partial charge in [-0.3, -0.25) is 0 Å². The fraction of sp³-hybridized carbons (Fsp3) is 0.0870. The molecule has 0 aliphatic carbocycles. The minimum Gasteiger partial charge on any atom is -0.492 e. The molecule has 0 spiro atoms. The summed E-state index contributed by atoms with van der Waals surface area (Å²) in [6.07, 6.45) is 0. The van der Waals surface area contributed by atoms with Crippen LogP contribution < -0.4 is 0 Å². The van der Waals surface area contributed by atoms with E-state index in [2.05, 4.69) is 49.3 Å². The number of rotatable bonds is 3. The van der Waals surface area contributed by atoms with Gasteiger partial charge < -0.3 is 5.11 Å². The van der Waals surface area contributed by atoms with Crippen molar-refractivity contribution in [2.24, 2.45) is 0 Å². The fourth-order valence-electron chi connectivity index (χ4n) is 3.21. The zero-order valence-corrected chi connectivity index (χ0v) is 14.8. The van der Waals surface area contributed by atoms with E-state index >= 15 is 0 Å². The number of hydrogen-bond donors (Lipinski definition) is 1. The van der Waals surface area contributed by atoms with Gasteiger partial charge in [0, 0.05) is 5.56 Å². The third-order valence-corrected chi connectivity index (χ3v) is 4.50. The first-order valence-corrected chi connectivity index (χ1v) is 8.65. The molecule has 0 bridgehead atoms. The molecule has 3 heteroatoms. The standard InChI is InChI=1S/C23H20N2O/c1-16-11-13-20(14-12-16)25-22(19-10-6-7-17(2)15-19)21(23(26)24-25)18-8-4-3-5-9-18/h3-15H,1-2H3,(H,24,26). The average molecular weight is 340 g/mol. The van der Waals surface area contributed by atoms with E-state index in [9.17, 15) is 5.11 Å². The molecule has 0 radical (unpaired) electrons. The number of nitrogens with zero attached hydrogens (tertiary/aromatic N) is 2. The maximum absolute atomic E-state index is 10.7. The molecule has 0 aliphatic heterocycles. The minimum atomic E-state index is 0.0354. The van der Waals surface area contributed by atoms with Crippen LogP contribution in [0.25, 0.3) is 28.1 Å². The summed E-state index contributed by atoms with van der Waals surface area (Å²) < 4.78 is 1.83. The van der Waals surface area contributed by atoms with Gasteiger partial charge in [0.1, 0.15) is 0 Å². The predicted molar refractivity (Wildman–Crippen MR) is 106 cm³/mol. The molecule has 1 heterocycles. The van der Waals surface area contributed by atoms with Gasteiger partial charge in [-0.15, -0.1) is 5.10 Å². The monoisotopic (exact) mass is 340 g/mol. The van der Waals surface area contributed by atoms with E-state index < -0.39 is 0 Å². The van der Waals surface area contributed by atoms with Crippen molar-refractivity contribution < 1.29 is 5.11 Å². The molecule has 3 aromatic carbocycles. The highest BCUT2D eigenvalue weighted by Gasteiger charge is 2.21. The van der Waals surface area contributed by atoms with Gasteiger partial charge in [0.25, 0.3) is 0 Å². The van der Waals surface area contributed by atoms with Gasteiger partial charge in [0.05, 0.1) is 16.9 Å². The smallest absolute Gasteiger partial charge is 0.239 e. The fourth-order valence-corrected chi connectivity index (χ4v) is 3.21. The lowest BCUT2D eigenvalue weighted by Gasteiger charge is -2.11. The lowest BCUT2D eigenvalue weighted by atomic mass is 9.99. The Kier molecular flexibility index (Phi) is 4.05. The molecule has 0 saturated heterocycles. The first-order valence-electron chi connectivity index (χ1n) is 8.65. The van der Waals surface area contributed by atoms with Crippen LogP contribution in [0, 0.1) is 13.8 Å². The Balaban J connectivity index is 2.02. The van der Waals surface area contributed by atoms with Gasteiger partial charge in [0.2, 0.25) is 5.88 Å². The summed E-state index contributed by atoms with van der Waals surface area (Å²) in [5.74, 6) is 0.0354. The first-order chi connectivity index (χ1) is 12.6. The van der Waals surface area contributed by atoms with Crippen LogP contribution in [0.2, 0.25) is 0 Å². The number of aryl methyl sites for hydroxylation is 2. The molecule has 0 atom stereocenters. The van der Waals surface area contributed by atoms with E-state index in [0.29, 0.717) is 0 Å². The van der Waals surface area contributed by atoms with E-state index in [0.717, 1.165) is 33.6 Å². The molecule has 26 heavy (non-hydrogen) atoms. The molecule has 3 nitrogen and oxygen atoms in total. The maximum atomic E-state index is 10.7. The molecule has 0 fully saturated rings. The zero-order chi connectivity index (χ0) is 18.1. The van der Waals surface area contributed by atoms with Crippen molar-refractivity contribution in [1.82, 2.24) is 9.78 Å². The minimum absolute atomic E-state index is 0.0354. The Morgan fingerprint density at radius 1 is 0.731 bits per heavy atom.